The van der Waals surface area contributed by atoms with Gasteiger partial charge in [-0.05, 0) is 25.3 Å². The summed E-state index contributed by atoms with van der Waals surface area (Å²) in [5.41, 5.74) is 1.26. The molecule has 1 saturated carbocycles. The van der Waals surface area contributed by atoms with Crippen LogP contribution in [0.25, 0.3) is 0 Å². The summed E-state index contributed by atoms with van der Waals surface area (Å²) < 4.78 is 0. The number of carbonyl (C=O) groups is 1. The molecule has 92 valence electrons. The van der Waals surface area contributed by atoms with Gasteiger partial charge in [-0.3, -0.25) is 4.79 Å². The minimum atomic E-state index is 0.167. The summed E-state index contributed by atoms with van der Waals surface area (Å²) in [6.45, 7) is 2.85. The zero-order valence-corrected chi connectivity index (χ0v) is 10.3. The highest BCUT2D eigenvalue weighted by atomic mass is 16.1. The topological polar surface area (TPSA) is 41.1 Å². The van der Waals surface area contributed by atoms with Gasteiger partial charge in [0.25, 0.3) is 0 Å². The maximum absolute atomic E-state index is 11.5. The van der Waals surface area contributed by atoms with Crippen molar-refractivity contribution in [3.8, 4) is 0 Å². The Kier molecular flexibility index (Phi) is 4.15. The van der Waals surface area contributed by atoms with Crippen molar-refractivity contribution >= 4 is 5.91 Å². The maximum Gasteiger partial charge on any atom is 0.221 e. The average Bonchev–Trinajstić information content (AvgIpc) is 3.14. The molecule has 1 amide bonds. The van der Waals surface area contributed by atoms with Crippen LogP contribution in [0.3, 0.4) is 0 Å². The Morgan fingerprint density at radius 1 is 1.35 bits per heavy atom. The van der Waals surface area contributed by atoms with Crippen molar-refractivity contribution in [1.82, 2.24) is 10.6 Å². The van der Waals surface area contributed by atoms with E-state index < -0.39 is 0 Å². The Labute approximate surface area is 103 Å². The lowest BCUT2D eigenvalue weighted by Crippen LogP contribution is -2.30. The Balaban J connectivity index is 1.65. The molecule has 2 rings (SSSR count). The summed E-state index contributed by atoms with van der Waals surface area (Å²) in [6.07, 6.45) is 2.87. The van der Waals surface area contributed by atoms with E-state index in [4.69, 9.17) is 0 Å². The fourth-order valence-electron chi connectivity index (χ4n) is 1.79. The lowest BCUT2D eigenvalue weighted by molar-refractivity contribution is -0.121. The van der Waals surface area contributed by atoms with Crippen molar-refractivity contribution in [2.75, 3.05) is 6.54 Å². The lowest BCUT2D eigenvalue weighted by atomic mass is 10.1. The van der Waals surface area contributed by atoms with E-state index in [0.717, 1.165) is 19.4 Å². The molecule has 0 unspecified atom stereocenters. The van der Waals surface area contributed by atoms with E-state index in [9.17, 15) is 4.79 Å². The quantitative estimate of drug-likeness (QED) is 0.787. The molecule has 0 aliphatic heterocycles. The second kappa shape index (κ2) is 5.82. The SMILES string of the molecule is C[C@H](NCCC(=O)NC1CC1)c1ccccc1. The number of benzene rings is 1. The Hall–Kier alpha value is -1.35. The third-order valence-electron chi connectivity index (χ3n) is 3.04. The van der Waals surface area contributed by atoms with Gasteiger partial charge in [0.15, 0.2) is 0 Å². The molecule has 1 aliphatic rings. The summed E-state index contributed by atoms with van der Waals surface area (Å²) in [5.74, 6) is 0.167. The summed E-state index contributed by atoms with van der Waals surface area (Å²) in [4.78, 5) is 11.5. The molecule has 2 N–H and O–H groups in total. The molecular formula is C14H20N2O. The predicted octanol–water partition coefficient (Wildman–Crippen LogP) is 2.01. The van der Waals surface area contributed by atoms with Crippen LogP contribution in [-0.4, -0.2) is 18.5 Å². The molecule has 0 aromatic heterocycles. The second-order valence-electron chi connectivity index (χ2n) is 4.68. The fourth-order valence-corrected chi connectivity index (χ4v) is 1.79. The van der Waals surface area contributed by atoms with Gasteiger partial charge in [0.1, 0.15) is 0 Å². The highest BCUT2D eigenvalue weighted by Crippen LogP contribution is 2.18. The van der Waals surface area contributed by atoms with Crippen molar-refractivity contribution in [3.63, 3.8) is 0 Å². The number of hydrogen-bond donors (Lipinski definition) is 2. The Morgan fingerprint density at radius 3 is 2.71 bits per heavy atom. The molecule has 1 aromatic rings. The first kappa shape index (κ1) is 12.1. The summed E-state index contributed by atoms with van der Waals surface area (Å²) >= 11 is 0. The van der Waals surface area contributed by atoms with Crippen molar-refractivity contribution in [1.29, 1.82) is 0 Å². The van der Waals surface area contributed by atoms with Crippen molar-refractivity contribution < 1.29 is 4.79 Å². The minimum Gasteiger partial charge on any atom is -0.353 e. The van der Waals surface area contributed by atoms with Crippen LogP contribution in [0.1, 0.15) is 37.8 Å². The monoisotopic (exact) mass is 232 g/mol. The van der Waals surface area contributed by atoms with E-state index in [2.05, 4.69) is 29.7 Å². The highest BCUT2D eigenvalue weighted by Gasteiger charge is 2.22. The number of hydrogen-bond acceptors (Lipinski definition) is 2. The molecule has 3 heteroatoms. The largest absolute Gasteiger partial charge is 0.353 e. The van der Waals surface area contributed by atoms with Crippen LogP contribution < -0.4 is 10.6 Å². The molecule has 1 atom stereocenters. The molecule has 1 aliphatic carbocycles. The highest BCUT2D eigenvalue weighted by molar-refractivity contribution is 5.76. The molecule has 0 heterocycles. The van der Waals surface area contributed by atoms with E-state index >= 15 is 0 Å². The molecule has 0 radical (unpaired) electrons. The summed E-state index contributed by atoms with van der Waals surface area (Å²) in [6, 6.07) is 11.0. The van der Waals surface area contributed by atoms with E-state index in [1.807, 2.05) is 18.2 Å². The van der Waals surface area contributed by atoms with E-state index in [1.54, 1.807) is 0 Å². The first-order chi connectivity index (χ1) is 8.25. The minimum absolute atomic E-state index is 0.167. The molecular weight excluding hydrogens is 212 g/mol. The van der Waals surface area contributed by atoms with Crippen LogP contribution in [0, 0.1) is 0 Å². The Morgan fingerprint density at radius 2 is 2.06 bits per heavy atom. The Bertz CT molecular complexity index is 360. The molecule has 0 bridgehead atoms. The molecule has 3 nitrogen and oxygen atoms in total. The van der Waals surface area contributed by atoms with Crippen LogP contribution in [0.4, 0.5) is 0 Å². The van der Waals surface area contributed by atoms with Crippen molar-refractivity contribution in [2.24, 2.45) is 0 Å². The third kappa shape index (κ3) is 4.19. The van der Waals surface area contributed by atoms with Gasteiger partial charge in [-0.2, -0.15) is 0 Å². The number of amides is 1. The van der Waals surface area contributed by atoms with Gasteiger partial charge in [0.2, 0.25) is 5.91 Å². The zero-order chi connectivity index (χ0) is 12.1. The van der Waals surface area contributed by atoms with E-state index in [-0.39, 0.29) is 5.91 Å². The van der Waals surface area contributed by atoms with E-state index in [1.165, 1.54) is 5.56 Å². The van der Waals surface area contributed by atoms with Gasteiger partial charge < -0.3 is 10.6 Å². The first-order valence-electron chi connectivity index (χ1n) is 6.33. The second-order valence-corrected chi connectivity index (χ2v) is 4.68. The van der Waals surface area contributed by atoms with Gasteiger partial charge in [0, 0.05) is 25.0 Å². The van der Waals surface area contributed by atoms with Gasteiger partial charge in [0.05, 0.1) is 0 Å². The number of nitrogens with one attached hydrogen (secondary N) is 2. The predicted molar refractivity (Wildman–Crippen MR) is 68.6 cm³/mol. The van der Waals surface area contributed by atoms with Crippen LogP contribution in [0.5, 0.6) is 0 Å². The molecule has 17 heavy (non-hydrogen) atoms. The number of carbonyl (C=O) groups excluding carboxylic acids is 1. The average molecular weight is 232 g/mol. The standard InChI is InChI=1S/C14H20N2O/c1-11(12-5-3-2-4-6-12)15-10-9-14(17)16-13-7-8-13/h2-6,11,13,15H,7-10H2,1H3,(H,16,17)/t11-/m0/s1. The van der Waals surface area contributed by atoms with Crippen LogP contribution in [-0.2, 0) is 4.79 Å². The first-order valence-corrected chi connectivity index (χ1v) is 6.33. The van der Waals surface area contributed by atoms with E-state index in [0.29, 0.717) is 18.5 Å². The van der Waals surface area contributed by atoms with Gasteiger partial charge in [-0.15, -0.1) is 0 Å². The van der Waals surface area contributed by atoms with Crippen molar-refractivity contribution in [3.05, 3.63) is 35.9 Å². The fraction of sp³-hybridized carbons (Fsp3) is 0.500. The summed E-state index contributed by atoms with van der Waals surface area (Å²) in [7, 11) is 0. The summed E-state index contributed by atoms with van der Waals surface area (Å²) in [5, 5.41) is 6.35. The van der Waals surface area contributed by atoms with Gasteiger partial charge in [-0.1, -0.05) is 30.3 Å². The van der Waals surface area contributed by atoms with Gasteiger partial charge in [-0.25, -0.2) is 0 Å². The maximum atomic E-state index is 11.5. The molecule has 0 spiro atoms. The van der Waals surface area contributed by atoms with Crippen LogP contribution in [0.2, 0.25) is 0 Å². The molecule has 0 saturated heterocycles. The normalized spacial score (nSPS) is 16.5. The van der Waals surface area contributed by atoms with Crippen LogP contribution in [0.15, 0.2) is 30.3 Å². The zero-order valence-electron chi connectivity index (χ0n) is 10.3. The van der Waals surface area contributed by atoms with Gasteiger partial charge >= 0.3 is 0 Å². The molecule has 1 fully saturated rings. The smallest absolute Gasteiger partial charge is 0.221 e. The van der Waals surface area contributed by atoms with Crippen molar-refractivity contribution in [2.45, 2.75) is 38.3 Å². The molecule has 1 aromatic carbocycles. The third-order valence-corrected chi connectivity index (χ3v) is 3.04. The lowest BCUT2D eigenvalue weighted by Gasteiger charge is -2.13. The number of rotatable bonds is 6. The van der Waals surface area contributed by atoms with Crippen LogP contribution >= 0.6 is 0 Å².